The molecule has 1 heterocycles. The summed E-state index contributed by atoms with van der Waals surface area (Å²) in [6.07, 6.45) is 4.19. The van der Waals surface area contributed by atoms with Crippen molar-refractivity contribution in [3.8, 4) is 0 Å². The number of carbonyl (C=O) groups is 5. The number of thioether (sulfide) groups is 1. The highest BCUT2D eigenvalue weighted by molar-refractivity contribution is 8.00. The fourth-order valence-electron chi connectivity index (χ4n) is 4.40. The maximum absolute atomic E-state index is 12.3. The van der Waals surface area contributed by atoms with Crippen LogP contribution in [-0.2, 0) is 30.5 Å². The summed E-state index contributed by atoms with van der Waals surface area (Å²) in [4.78, 5) is 63.1. The highest BCUT2D eigenvalue weighted by atomic mass is 32.2. The third-order valence-electron chi connectivity index (χ3n) is 6.38. The normalized spacial score (nSPS) is 16.2. The first-order valence-electron chi connectivity index (χ1n) is 12.7. The van der Waals surface area contributed by atoms with Crippen LogP contribution in [0.5, 0.6) is 0 Å². The predicted molar refractivity (Wildman–Crippen MR) is 144 cm³/mol. The van der Waals surface area contributed by atoms with Crippen LogP contribution in [0.4, 0.5) is 10.5 Å². The largest absolute Gasteiger partial charge is 0.445 e. The number of likely N-dealkylation sites (tertiary alicyclic amines) is 1. The third kappa shape index (κ3) is 9.18. The van der Waals surface area contributed by atoms with Crippen LogP contribution in [0, 0.1) is 5.92 Å². The number of hydrogen-bond acceptors (Lipinski definition) is 8. The quantitative estimate of drug-likeness (QED) is 0.267. The van der Waals surface area contributed by atoms with Crippen LogP contribution in [0.2, 0.25) is 0 Å². The lowest BCUT2D eigenvalue weighted by Gasteiger charge is -2.28. The Balaban J connectivity index is 1.65. The number of benzene rings is 1. The number of imide groups is 1. The van der Waals surface area contributed by atoms with Crippen molar-refractivity contribution in [2.24, 2.45) is 5.92 Å². The lowest BCUT2D eigenvalue weighted by atomic mass is 10.00. The van der Waals surface area contributed by atoms with Gasteiger partial charge in [0.05, 0.1) is 17.8 Å². The van der Waals surface area contributed by atoms with Gasteiger partial charge in [-0.05, 0) is 49.6 Å². The number of nitrogens with one attached hydrogen (secondary N) is 1. The summed E-state index contributed by atoms with van der Waals surface area (Å²) < 4.78 is 5.35. The topological polar surface area (TPSA) is 113 Å². The predicted octanol–water partition coefficient (Wildman–Crippen LogP) is 3.90. The lowest BCUT2D eigenvalue weighted by Crippen LogP contribution is -2.45. The van der Waals surface area contributed by atoms with E-state index in [2.05, 4.69) is 5.32 Å². The van der Waals surface area contributed by atoms with Gasteiger partial charge in [0.1, 0.15) is 6.61 Å². The molecule has 3 amide bonds. The van der Waals surface area contributed by atoms with E-state index in [4.69, 9.17) is 4.74 Å². The molecule has 1 aromatic carbocycles. The third-order valence-corrected chi connectivity index (χ3v) is 7.32. The number of anilines is 1. The molecule has 9 nitrogen and oxygen atoms in total. The molecule has 1 fully saturated rings. The summed E-state index contributed by atoms with van der Waals surface area (Å²) in [7, 11) is 1.56. The first kappa shape index (κ1) is 30.3. The van der Waals surface area contributed by atoms with Gasteiger partial charge in [0.25, 0.3) is 0 Å². The number of amides is 3. The zero-order chi connectivity index (χ0) is 27.5. The smallest absolute Gasteiger partial charge is 0.410 e. The van der Waals surface area contributed by atoms with Crippen molar-refractivity contribution in [2.45, 2.75) is 70.8 Å². The average molecular weight is 534 g/mol. The molecule has 204 valence electrons. The number of nitrogens with zero attached hydrogens (tertiary/aromatic N) is 2. The highest BCUT2D eigenvalue weighted by Crippen LogP contribution is 2.23. The summed E-state index contributed by atoms with van der Waals surface area (Å²) in [6.45, 7) is 5.95. The summed E-state index contributed by atoms with van der Waals surface area (Å²) >= 11 is 1.41. The minimum Gasteiger partial charge on any atom is -0.445 e. The van der Waals surface area contributed by atoms with Crippen LogP contribution >= 0.6 is 11.8 Å². The second-order valence-electron chi connectivity index (χ2n) is 9.68. The van der Waals surface area contributed by atoms with Crippen molar-refractivity contribution < 1.29 is 28.7 Å². The first-order valence-corrected chi connectivity index (χ1v) is 14.0. The number of hydrogen-bond donors (Lipinski definition) is 1. The molecule has 2 atom stereocenters. The Hall–Kier alpha value is -2.88. The molecular formula is C27H39N3O6S. The van der Waals surface area contributed by atoms with Gasteiger partial charge < -0.3 is 15.0 Å². The van der Waals surface area contributed by atoms with E-state index in [1.807, 2.05) is 44.4 Å². The summed E-state index contributed by atoms with van der Waals surface area (Å²) in [6, 6.07) is 6.74. The van der Waals surface area contributed by atoms with Gasteiger partial charge in [0.15, 0.2) is 11.6 Å². The lowest BCUT2D eigenvalue weighted by molar-refractivity contribution is -0.138. The van der Waals surface area contributed by atoms with E-state index in [1.54, 1.807) is 7.05 Å². The molecule has 0 aromatic heterocycles. The monoisotopic (exact) mass is 533 g/mol. The Morgan fingerprint density at radius 3 is 2.38 bits per heavy atom. The van der Waals surface area contributed by atoms with Gasteiger partial charge in [0, 0.05) is 32.1 Å². The minimum absolute atomic E-state index is 0.0117. The zero-order valence-electron chi connectivity index (χ0n) is 22.5. The van der Waals surface area contributed by atoms with Gasteiger partial charge in [-0.2, -0.15) is 11.8 Å². The summed E-state index contributed by atoms with van der Waals surface area (Å²) in [5.74, 6) is -0.209. The van der Waals surface area contributed by atoms with Crippen molar-refractivity contribution in [1.82, 2.24) is 9.80 Å². The Morgan fingerprint density at radius 2 is 1.81 bits per heavy atom. The molecule has 1 saturated heterocycles. The molecule has 0 aliphatic carbocycles. The molecule has 1 aliphatic rings. The molecule has 37 heavy (non-hydrogen) atoms. The van der Waals surface area contributed by atoms with Crippen LogP contribution in [0.15, 0.2) is 24.3 Å². The second kappa shape index (κ2) is 14.8. The Bertz CT molecular complexity index is 965. The van der Waals surface area contributed by atoms with E-state index in [0.29, 0.717) is 25.8 Å². The van der Waals surface area contributed by atoms with Gasteiger partial charge in [0.2, 0.25) is 11.8 Å². The standard InChI is InChI=1S/C27H39N3O6S/c1-18(2)25(19(3)31)29(4)27(35)36-17-20-10-12-21(13-11-20)28-16-22(32)9-7-6-8-14-30-24(33)15-23(37-5)26(30)34/h10-13,18,23,25,28H,6-9,14-17H2,1-5H3/t23?,25-/m0/s1. The molecule has 0 bridgehead atoms. The van der Waals surface area contributed by atoms with E-state index < -0.39 is 12.1 Å². The molecule has 1 N–H and O–H groups in total. The molecule has 1 aliphatic heterocycles. The second-order valence-corrected chi connectivity index (χ2v) is 10.7. The molecule has 1 aromatic rings. The number of unbranched alkanes of at least 4 members (excludes halogenated alkanes) is 2. The highest BCUT2D eigenvalue weighted by Gasteiger charge is 2.37. The van der Waals surface area contributed by atoms with Gasteiger partial charge in [-0.25, -0.2) is 4.79 Å². The summed E-state index contributed by atoms with van der Waals surface area (Å²) in [5.41, 5.74) is 1.58. The Morgan fingerprint density at radius 1 is 1.14 bits per heavy atom. The van der Waals surface area contributed by atoms with E-state index in [0.717, 1.165) is 17.7 Å². The van der Waals surface area contributed by atoms with E-state index in [1.165, 1.54) is 28.5 Å². The average Bonchev–Trinajstić information content (AvgIpc) is 3.13. The maximum atomic E-state index is 12.3. The van der Waals surface area contributed by atoms with Crippen LogP contribution < -0.4 is 5.32 Å². The number of Topliss-reactive ketones (excluding diaryl/α,β-unsaturated/α-hetero) is 2. The summed E-state index contributed by atoms with van der Waals surface area (Å²) in [5, 5.41) is 2.85. The van der Waals surface area contributed by atoms with Crippen molar-refractivity contribution in [2.75, 3.05) is 31.7 Å². The minimum atomic E-state index is -0.551. The molecular weight excluding hydrogens is 494 g/mol. The number of rotatable bonds is 15. The van der Waals surface area contributed by atoms with Gasteiger partial charge in [-0.15, -0.1) is 0 Å². The van der Waals surface area contributed by atoms with Gasteiger partial charge in [-0.1, -0.05) is 32.4 Å². The Labute approximate surface area is 223 Å². The van der Waals surface area contributed by atoms with E-state index >= 15 is 0 Å². The van der Waals surface area contributed by atoms with Crippen molar-refractivity contribution in [3.63, 3.8) is 0 Å². The fraction of sp³-hybridized carbons (Fsp3) is 0.593. The van der Waals surface area contributed by atoms with Crippen LogP contribution in [0.3, 0.4) is 0 Å². The van der Waals surface area contributed by atoms with Crippen LogP contribution in [0.1, 0.15) is 58.4 Å². The van der Waals surface area contributed by atoms with Crippen LogP contribution in [-0.4, -0.2) is 77.0 Å². The fourth-order valence-corrected chi connectivity index (χ4v) is 5.04. The van der Waals surface area contributed by atoms with Gasteiger partial charge >= 0.3 is 6.09 Å². The van der Waals surface area contributed by atoms with Crippen molar-refractivity contribution in [1.29, 1.82) is 0 Å². The SMILES string of the molecule is CSC1CC(=O)N(CCCCCC(=O)CNc2ccc(COC(=O)N(C)[C@H](C(C)=O)C(C)C)cc2)C1=O. The van der Waals surface area contributed by atoms with E-state index in [9.17, 15) is 24.0 Å². The molecule has 0 radical (unpaired) electrons. The number of likely N-dealkylation sites (N-methyl/N-ethyl adjacent to an activating group) is 1. The van der Waals surface area contributed by atoms with Crippen molar-refractivity contribution in [3.05, 3.63) is 29.8 Å². The molecule has 1 unspecified atom stereocenters. The zero-order valence-corrected chi connectivity index (χ0v) is 23.3. The molecule has 10 heteroatoms. The van der Waals surface area contributed by atoms with Crippen LogP contribution in [0.25, 0.3) is 0 Å². The Kier molecular flexibility index (Phi) is 12.1. The number of carbonyl (C=O) groups excluding carboxylic acids is 5. The van der Waals surface area contributed by atoms with E-state index in [-0.39, 0.29) is 54.1 Å². The maximum Gasteiger partial charge on any atom is 0.410 e. The van der Waals surface area contributed by atoms with Crippen molar-refractivity contribution >= 4 is 46.9 Å². The molecule has 0 spiro atoms. The molecule has 2 rings (SSSR count). The first-order chi connectivity index (χ1) is 17.5. The molecule has 0 saturated carbocycles. The number of ketones is 2. The van der Waals surface area contributed by atoms with Gasteiger partial charge in [-0.3, -0.25) is 24.1 Å². The number of ether oxygens (including phenoxy) is 1.